The largest absolute Gasteiger partial charge is 0.144 e. The molecule has 0 aliphatic rings. The van der Waals surface area contributed by atoms with Crippen LogP contribution >= 0.6 is 43.2 Å². The molecule has 0 amide bonds. The van der Waals surface area contributed by atoms with Crippen molar-refractivity contribution in [3.8, 4) is 0 Å². The predicted octanol–water partition coefficient (Wildman–Crippen LogP) is 6.17. The van der Waals surface area contributed by atoms with Gasteiger partial charge in [0.05, 0.1) is 0 Å². The summed E-state index contributed by atoms with van der Waals surface area (Å²) in [6, 6.07) is 19.5. The van der Waals surface area contributed by atoms with E-state index in [-0.39, 0.29) is 5.41 Å². The van der Waals surface area contributed by atoms with E-state index in [1.807, 2.05) is 11.3 Å². The van der Waals surface area contributed by atoms with Gasteiger partial charge in [-0.15, -0.1) is 11.3 Å². The molecule has 0 unspecified atom stereocenters. The molecule has 0 saturated carbocycles. The normalized spacial score (nSPS) is 11.9. The zero-order valence-corrected chi connectivity index (χ0v) is 15.5. The average molecular weight is 424 g/mol. The van der Waals surface area contributed by atoms with E-state index in [4.69, 9.17) is 0 Å². The van der Waals surface area contributed by atoms with Crippen molar-refractivity contribution in [2.75, 3.05) is 10.7 Å². The van der Waals surface area contributed by atoms with Crippen molar-refractivity contribution < 1.29 is 0 Å². The standard InChI is InChI=1S/C18H16Br2S/c19-12-18(13-20,15-6-2-1-3-7-15)10-14-11-21-17-9-5-4-8-16(14)17/h1-9,11H,10,12-13H2. The molecule has 1 aromatic heterocycles. The van der Waals surface area contributed by atoms with E-state index in [0.29, 0.717) is 0 Å². The van der Waals surface area contributed by atoms with Gasteiger partial charge >= 0.3 is 0 Å². The minimum Gasteiger partial charge on any atom is -0.144 e. The molecule has 3 aromatic rings. The third-order valence-corrected chi connectivity index (χ3v) is 7.15. The van der Waals surface area contributed by atoms with Gasteiger partial charge in [0.25, 0.3) is 0 Å². The van der Waals surface area contributed by atoms with Crippen molar-refractivity contribution in [2.45, 2.75) is 11.8 Å². The number of alkyl halides is 2. The molecule has 3 rings (SSSR count). The Balaban J connectivity index is 2.03. The fourth-order valence-electron chi connectivity index (χ4n) is 2.71. The molecular formula is C18H16Br2S. The lowest BCUT2D eigenvalue weighted by Crippen LogP contribution is -2.32. The summed E-state index contributed by atoms with van der Waals surface area (Å²) in [6.07, 6.45) is 1.04. The Kier molecular flexibility index (Phi) is 4.82. The SMILES string of the molecule is BrCC(CBr)(Cc1csc2ccccc12)c1ccccc1. The minimum atomic E-state index is 0.0884. The van der Waals surface area contributed by atoms with Crippen LogP contribution in [0.5, 0.6) is 0 Å². The summed E-state index contributed by atoms with van der Waals surface area (Å²) >= 11 is 9.35. The van der Waals surface area contributed by atoms with Crippen LogP contribution < -0.4 is 0 Å². The molecule has 0 fully saturated rings. The van der Waals surface area contributed by atoms with Crippen LogP contribution in [0.4, 0.5) is 0 Å². The van der Waals surface area contributed by atoms with Crippen molar-refractivity contribution in [1.29, 1.82) is 0 Å². The number of hydrogen-bond donors (Lipinski definition) is 0. The molecule has 0 bridgehead atoms. The highest BCUT2D eigenvalue weighted by molar-refractivity contribution is 9.09. The van der Waals surface area contributed by atoms with Crippen molar-refractivity contribution >= 4 is 53.3 Å². The Hall–Kier alpha value is -0.640. The molecule has 0 N–H and O–H groups in total. The number of halogens is 2. The van der Waals surface area contributed by atoms with E-state index in [1.54, 1.807) is 0 Å². The van der Waals surface area contributed by atoms with E-state index >= 15 is 0 Å². The van der Waals surface area contributed by atoms with Gasteiger partial charge in [-0.25, -0.2) is 0 Å². The van der Waals surface area contributed by atoms with Crippen LogP contribution in [0, 0.1) is 0 Å². The number of rotatable bonds is 5. The van der Waals surface area contributed by atoms with Gasteiger partial charge in [-0.2, -0.15) is 0 Å². The van der Waals surface area contributed by atoms with Gasteiger partial charge in [-0.05, 0) is 34.4 Å². The first-order chi connectivity index (χ1) is 10.3. The predicted molar refractivity (Wildman–Crippen MR) is 101 cm³/mol. The van der Waals surface area contributed by atoms with Gasteiger partial charge in [0.1, 0.15) is 0 Å². The molecule has 108 valence electrons. The summed E-state index contributed by atoms with van der Waals surface area (Å²) in [5.74, 6) is 0. The quantitative estimate of drug-likeness (QED) is 0.430. The number of fused-ring (bicyclic) bond motifs is 1. The number of hydrogen-bond acceptors (Lipinski definition) is 1. The third kappa shape index (κ3) is 2.96. The molecule has 2 aromatic carbocycles. The summed E-state index contributed by atoms with van der Waals surface area (Å²) in [4.78, 5) is 0. The van der Waals surface area contributed by atoms with Crippen molar-refractivity contribution in [3.05, 3.63) is 71.1 Å². The van der Waals surface area contributed by atoms with Crippen molar-refractivity contribution in [1.82, 2.24) is 0 Å². The van der Waals surface area contributed by atoms with E-state index in [0.717, 1.165) is 17.1 Å². The molecule has 3 heteroatoms. The van der Waals surface area contributed by atoms with Crippen LogP contribution in [0.3, 0.4) is 0 Å². The molecule has 1 heterocycles. The molecule has 0 aliphatic carbocycles. The summed E-state index contributed by atoms with van der Waals surface area (Å²) < 4.78 is 1.37. The molecular weight excluding hydrogens is 408 g/mol. The Morgan fingerprint density at radius 2 is 1.52 bits per heavy atom. The molecule has 0 nitrogen and oxygen atoms in total. The van der Waals surface area contributed by atoms with Crippen LogP contribution in [0.1, 0.15) is 11.1 Å². The first kappa shape index (κ1) is 15.3. The maximum atomic E-state index is 3.75. The molecule has 0 saturated heterocycles. The first-order valence-corrected chi connectivity index (χ1v) is 10.0. The second kappa shape index (κ2) is 6.64. The van der Waals surface area contributed by atoms with E-state index in [1.165, 1.54) is 21.2 Å². The van der Waals surface area contributed by atoms with Gasteiger partial charge in [0.15, 0.2) is 0 Å². The van der Waals surface area contributed by atoms with Gasteiger partial charge in [0, 0.05) is 20.8 Å². The van der Waals surface area contributed by atoms with Crippen LogP contribution in [0.2, 0.25) is 0 Å². The smallest absolute Gasteiger partial charge is 0.0345 e. The van der Waals surface area contributed by atoms with E-state index in [9.17, 15) is 0 Å². The highest BCUT2D eigenvalue weighted by atomic mass is 79.9. The maximum Gasteiger partial charge on any atom is 0.0345 e. The van der Waals surface area contributed by atoms with Gasteiger partial charge < -0.3 is 0 Å². The lowest BCUT2D eigenvalue weighted by molar-refractivity contribution is 0.554. The van der Waals surface area contributed by atoms with Gasteiger partial charge in [-0.3, -0.25) is 0 Å². The van der Waals surface area contributed by atoms with Crippen LogP contribution in [-0.2, 0) is 11.8 Å². The van der Waals surface area contributed by atoms with Crippen LogP contribution in [0.15, 0.2) is 60.0 Å². The first-order valence-electron chi connectivity index (χ1n) is 6.92. The van der Waals surface area contributed by atoms with Gasteiger partial charge in [0.2, 0.25) is 0 Å². The Morgan fingerprint density at radius 1 is 0.857 bits per heavy atom. The highest BCUT2D eigenvalue weighted by Crippen LogP contribution is 2.36. The van der Waals surface area contributed by atoms with E-state index in [2.05, 4.69) is 91.8 Å². The highest BCUT2D eigenvalue weighted by Gasteiger charge is 2.31. The van der Waals surface area contributed by atoms with Crippen LogP contribution in [-0.4, -0.2) is 10.7 Å². The van der Waals surface area contributed by atoms with Crippen LogP contribution in [0.25, 0.3) is 10.1 Å². The second-order valence-corrected chi connectivity index (χ2v) is 7.38. The van der Waals surface area contributed by atoms with Crippen molar-refractivity contribution in [3.63, 3.8) is 0 Å². The Bertz CT molecular complexity index is 714. The topological polar surface area (TPSA) is 0 Å². The zero-order valence-electron chi connectivity index (χ0n) is 11.6. The van der Waals surface area contributed by atoms with Crippen molar-refractivity contribution in [2.24, 2.45) is 0 Å². The summed E-state index contributed by atoms with van der Waals surface area (Å²) in [7, 11) is 0. The fraction of sp³-hybridized carbons (Fsp3) is 0.222. The fourth-order valence-corrected chi connectivity index (χ4v) is 5.65. The Morgan fingerprint density at radius 3 is 2.24 bits per heavy atom. The molecule has 21 heavy (non-hydrogen) atoms. The molecule has 0 aliphatic heterocycles. The average Bonchev–Trinajstić information content (AvgIpc) is 2.96. The monoisotopic (exact) mass is 422 g/mol. The molecule has 0 radical (unpaired) electrons. The number of benzene rings is 2. The molecule has 0 atom stereocenters. The summed E-state index contributed by atoms with van der Waals surface area (Å²) in [6.45, 7) is 0. The zero-order chi connectivity index (χ0) is 14.7. The summed E-state index contributed by atoms with van der Waals surface area (Å²) in [5.41, 5.74) is 2.91. The third-order valence-electron chi connectivity index (χ3n) is 3.99. The molecule has 0 spiro atoms. The maximum absolute atomic E-state index is 3.75. The summed E-state index contributed by atoms with van der Waals surface area (Å²) in [5, 5.41) is 5.59. The van der Waals surface area contributed by atoms with E-state index < -0.39 is 0 Å². The second-order valence-electron chi connectivity index (χ2n) is 5.35. The lowest BCUT2D eigenvalue weighted by Gasteiger charge is -2.30. The Labute approximate surface area is 146 Å². The lowest BCUT2D eigenvalue weighted by atomic mass is 9.79. The minimum absolute atomic E-state index is 0.0884. The number of thiophene rings is 1. The van der Waals surface area contributed by atoms with Gasteiger partial charge in [-0.1, -0.05) is 80.4 Å².